The molecular formula is C16H17Cl2NSiZr. The summed E-state index contributed by atoms with van der Waals surface area (Å²) in [5.74, 6) is 0. The molecule has 0 aliphatic heterocycles. The molecule has 1 aromatic carbocycles. The summed E-state index contributed by atoms with van der Waals surface area (Å²) in [6.45, 7) is 6.60. The van der Waals surface area contributed by atoms with Gasteiger partial charge in [-0.05, 0) is 8.41 Å². The van der Waals surface area contributed by atoms with Crippen molar-refractivity contribution in [3.63, 3.8) is 0 Å². The van der Waals surface area contributed by atoms with Crippen LogP contribution in [0.25, 0.3) is 12.2 Å². The van der Waals surface area contributed by atoms with Crippen molar-refractivity contribution >= 4 is 25.7 Å². The Morgan fingerprint density at radius 2 is 1.71 bits per heavy atom. The molecule has 1 N–H and O–H groups in total. The third kappa shape index (κ3) is 7.06. The number of H-pyrrole nitrogens is 1. The van der Waals surface area contributed by atoms with Crippen LogP contribution in [0.3, 0.4) is 0 Å². The molecule has 0 fully saturated rings. The molecule has 0 bridgehead atoms. The number of fused-ring (bicyclic) bond motifs is 1. The summed E-state index contributed by atoms with van der Waals surface area (Å²) in [5.41, 5.74) is 1.16. The Balaban J connectivity index is 0. The van der Waals surface area contributed by atoms with Gasteiger partial charge in [-0.15, -0.1) is 40.9 Å². The molecule has 0 spiro atoms. The molecule has 0 amide bonds. The van der Waals surface area contributed by atoms with Crippen LogP contribution in [0.15, 0.2) is 36.5 Å². The molecule has 1 aliphatic rings. The van der Waals surface area contributed by atoms with E-state index >= 15 is 0 Å². The number of hydrogen-bond donors (Lipinski definition) is 1. The molecule has 1 nitrogen and oxygen atoms in total. The Kier molecular flexibility index (Phi) is 12.5. The molecule has 0 saturated carbocycles. The predicted molar refractivity (Wildman–Crippen MR) is 80.4 cm³/mol. The SMILES string of the molecule is C[Si](C)=C1[C-]=c2ccccc2=C1.Cc1[c-][nH]cc1.[Cl-].[Cl-].[Zr+4]. The van der Waals surface area contributed by atoms with E-state index in [0.717, 1.165) is 5.56 Å². The second-order valence-electron chi connectivity index (χ2n) is 4.56. The van der Waals surface area contributed by atoms with E-state index in [4.69, 9.17) is 0 Å². The van der Waals surface area contributed by atoms with E-state index in [9.17, 15) is 0 Å². The second-order valence-corrected chi connectivity index (χ2v) is 7.09. The van der Waals surface area contributed by atoms with Crippen molar-refractivity contribution in [2.24, 2.45) is 0 Å². The molecule has 2 aromatic rings. The van der Waals surface area contributed by atoms with Crippen LogP contribution in [0.2, 0.25) is 13.1 Å². The summed E-state index contributed by atoms with van der Waals surface area (Å²) in [6, 6.07) is 10.4. The van der Waals surface area contributed by atoms with Gasteiger partial charge in [-0.1, -0.05) is 26.1 Å². The average Bonchev–Trinajstić information content (AvgIpc) is 2.97. The number of aromatic nitrogens is 1. The summed E-state index contributed by atoms with van der Waals surface area (Å²) >= 11 is 0. The minimum atomic E-state index is -0.329. The van der Waals surface area contributed by atoms with Crippen molar-refractivity contribution in [3.8, 4) is 0 Å². The monoisotopic (exact) mass is 411 g/mol. The summed E-state index contributed by atoms with van der Waals surface area (Å²) in [7, 11) is -0.329. The maximum atomic E-state index is 3.44. The molecular weight excluding hydrogens is 396 g/mol. The standard InChI is InChI=1S/C11H11Si.C5H6N.2ClH.Zr/c1-12(2)11-7-9-5-3-4-6-10(9)8-11;1-5-2-3-6-4-5;;;/h3-7H,1-2H3;2-3,6H,1H3;2*1H;/q2*-1;;;+4/p-2. The van der Waals surface area contributed by atoms with Gasteiger partial charge in [-0.3, -0.25) is 0 Å². The normalized spacial score (nSPS) is 10.1. The van der Waals surface area contributed by atoms with Crippen molar-refractivity contribution < 1.29 is 51.0 Å². The Morgan fingerprint density at radius 1 is 1.05 bits per heavy atom. The van der Waals surface area contributed by atoms with Gasteiger partial charge in [0.1, 0.15) is 0 Å². The van der Waals surface area contributed by atoms with Crippen molar-refractivity contribution in [2.75, 3.05) is 0 Å². The minimum absolute atomic E-state index is 0. The largest absolute Gasteiger partial charge is 4.00 e. The van der Waals surface area contributed by atoms with Crippen LogP contribution >= 0.6 is 0 Å². The summed E-state index contributed by atoms with van der Waals surface area (Å²) in [6.07, 6.45) is 10.4. The molecule has 3 rings (SSSR count). The van der Waals surface area contributed by atoms with Crippen molar-refractivity contribution in [1.29, 1.82) is 0 Å². The van der Waals surface area contributed by atoms with E-state index in [1.807, 2.05) is 19.2 Å². The van der Waals surface area contributed by atoms with Gasteiger partial charge in [0, 0.05) is 0 Å². The number of aromatic amines is 1. The fraction of sp³-hybridized carbons (Fsp3) is 0.188. The van der Waals surface area contributed by atoms with Gasteiger partial charge >= 0.3 is 26.2 Å². The Hall–Kier alpha value is -0.210. The van der Waals surface area contributed by atoms with Crippen LogP contribution in [0.1, 0.15) is 5.56 Å². The van der Waals surface area contributed by atoms with E-state index in [1.54, 1.807) is 0 Å². The van der Waals surface area contributed by atoms with Gasteiger partial charge in [0.15, 0.2) is 0 Å². The number of halogens is 2. The Morgan fingerprint density at radius 3 is 2.14 bits per heavy atom. The molecule has 1 aromatic heterocycles. The average molecular weight is 414 g/mol. The number of hydrogen-bond acceptors (Lipinski definition) is 0. The number of nitrogens with one attached hydrogen (secondary N) is 1. The number of rotatable bonds is 0. The molecule has 1 heterocycles. The minimum Gasteiger partial charge on any atom is -1.00 e. The topological polar surface area (TPSA) is 15.8 Å². The van der Waals surface area contributed by atoms with Gasteiger partial charge in [0.05, 0.1) is 0 Å². The molecule has 108 valence electrons. The van der Waals surface area contributed by atoms with Gasteiger partial charge < -0.3 is 29.8 Å². The maximum absolute atomic E-state index is 3.44. The van der Waals surface area contributed by atoms with Gasteiger partial charge in [0.25, 0.3) is 0 Å². The van der Waals surface area contributed by atoms with Gasteiger partial charge in [-0.2, -0.15) is 29.1 Å². The van der Waals surface area contributed by atoms with Gasteiger partial charge in [-0.25, -0.2) is 0 Å². The Labute approximate surface area is 159 Å². The predicted octanol–water partition coefficient (Wildman–Crippen LogP) is -4.22. The van der Waals surface area contributed by atoms with E-state index in [-0.39, 0.29) is 59.4 Å². The molecule has 0 unspecified atom stereocenters. The smallest absolute Gasteiger partial charge is 1.00 e. The van der Waals surface area contributed by atoms with E-state index in [1.165, 1.54) is 15.6 Å². The second kappa shape index (κ2) is 11.4. The fourth-order valence-electron chi connectivity index (χ4n) is 1.71. The quantitative estimate of drug-likeness (QED) is 0.333. The zero-order valence-electron chi connectivity index (χ0n) is 12.3. The number of aryl methyl sites for hydroxylation is 1. The van der Waals surface area contributed by atoms with Gasteiger partial charge in [0.2, 0.25) is 0 Å². The summed E-state index contributed by atoms with van der Waals surface area (Å²) < 4.78 is 0. The molecule has 5 heteroatoms. The first-order valence-corrected chi connectivity index (χ1v) is 8.57. The van der Waals surface area contributed by atoms with Crippen LogP contribution in [-0.4, -0.2) is 18.6 Å². The first-order valence-electron chi connectivity index (χ1n) is 6.07. The Bertz CT molecular complexity index is 638. The maximum Gasteiger partial charge on any atom is 4.00 e. The molecule has 0 radical (unpaired) electrons. The first kappa shape index (κ1) is 23.1. The van der Waals surface area contributed by atoms with Crippen LogP contribution < -0.4 is 35.3 Å². The zero-order valence-corrected chi connectivity index (χ0v) is 17.3. The van der Waals surface area contributed by atoms with E-state index in [0.29, 0.717) is 0 Å². The van der Waals surface area contributed by atoms with Crippen LogP contribution in [0.4, 0.5) is 0 Å². The molecule has 21 heavy (non-hydrogen) atoms. The van der Waals surface area contributed by atoms with E-state index in [2.05, 4.69) is 60.7 Å². The first-order chi connectivity index (χ1) is 8.66. The van der Waals surface area contributed by atoms with Crippen LogP contribution in [-0.2, 0) is 26.2 Å². The number of benzene rings is 1. The van der Waals surface area contributed by atoms with Crippen molar-refractivity contribution in [1.82, 2.24) is 4.98 Å². The van der Waals surface area contributed by atoms with E-state index < -0.39 is 0 Å². The summed E-state index contributed by atoms with van der Waals surface area (Å²) in [4.78, 5) is 2.80. The van der Waals surface area contributed by atoms with Crippen LogP contribution in [0, 0.1) is 13.1 Å². The van der Waals surface area contributed by atoms with Crippen LogP contribution in [0.5, 0.6) is 0 Å². The zero-order chi connectivity index (χ0) is 13.0. The third-order valence-electron chi connectivity index (χ3n) is 2.75. The fourth-order valence-corrected chi connectivity index (χ4v) is 2.54. The molecule has 0 atom stereocenters. The molecule has 1 aliphatic carbocycles. The van der Waals surface area contributed by atoms with Crippen molar-refractivity contribution in [2.45, 2.75) is 20.0 Å². The molecule has 0 saturated heterocycles. The van der Waals surface area contributed by atoms with Crippen molar-refractivity contribution in [3.05, 3.63) is 58.7 Å². The third-order valence-corrected chi connectivity index (χ3v) is 4.10. The summed E-state index contributed by atoms with van der Waals surface area (Å²) in [5, 5.41) is 4.01.